The van der Waals surface area contributed by atoms with Gasteiger partial charge in [0.15, 0.2) is 0 Å². The zero-order valence-corrected chi connectivity index (χ0v) is 9.21. The molecule has 1 aromatic rings. The molecule has 1 amide bonds. The van der Waals surface area contributed by atoms with Crippen molar-refractivity contribution in [1.29, 1.82) is 0 Å². The third-order valence-electron chi connectivity index (χ3n) is 2.33. The first-order valence-electron chi connectivity index (χ1n) is 4.82. The second-order valence-electron chi connectivity index (χ2n) is 3.54. The molecule has 0 fully saturated rings. The van der Waals surface area contributed by atoms with Crippen LogP contribution in [-0.4, -0.2) is 33.9 Å². The van der Waals surface area contributed by atoms with Gasteiger partial charge in [-0.2, -0.15) is 0 Å². The van der Waals surface area contributed by atoms with Crippen LogP contribution in [0.15, 0.2) is 18.6 Å². The summed E-state index contributed by atoms with van der Waals surface area (Å²) in [4.78, 5) is 21.3. The third kappa shape index (κ3) is 2.73. The summed E-state index contributed by atoms with van der Waals surface area (Å²) in [5.41, 5.74) is 6.28. The fourth-order valence-corrected chi connectivity index (χ4v) is 1.24. The van der Waals surface area contributed by atoms with Gasteiger partial charge in [-0.15, -0.1) is 0 Å². The van der Waals surface area contributed by atoms with Crippen molar-refractivity contribution < 1.29 is 4.79 Å². The van der Waals surface area contributed by atoms with Crippen LogP contribution in [-0.2, 0) is 4.79 Å². The lowest BCUT2D eigenvalue weighted by Gasteiger charge is -2.25. The van der Waals surface area contributed by atoms with Gasteiger partial charge in [-0.25, -0.2) is 0 Å². The molecule has 0 spiro atoms. The van der Waals surface area contributed by atoms with Crippen LogP contribution in [0.5, 0.6) is 0 Å². The van der Waals surface area contributed by atoms with E-state index < -0.39 is 6.04 Å². The topological polar surface area (TPSA) is 72.1 Å². The molecular formula is C10H16N4O. The molecule has 2 atom stereocenters. The van der Waals surface area contributed by atoms with Crippen LogP contribution in [0.3, 0.4) is 0 Å². The standard InChI is InChI=1S/C10H16N4O/c1-7(11)10(15)14(3)8(2)9-6-12-4-5-13-9/h4-8H,11H2,1-3H3. The van der Waals surface area contributed by atoms with Crippen molar-refractivity contribution >= 4 is 5.91 Å². The Morgan fingerprint density at radius 1 is 1.47 bits per heavy atom. The van der Waals surface area contributed by atoms with Gasteiger partial charge in [-0.05, 0) is 13.8 Å². The fourth-order valence-electron chi connectivity index (χ4n) is 1.24. The second-order valence-corrected chi connectivity index (χ2v) is 3.54. The van der Waals surface area contributed by atoms with E-state index >= 15 is 0 Å². The number of carbonyl (C=O) groups is 1. The predicted molar refractivity (Wildman–Crippen MR) is 56.9 cm³/mol. The Morgan fingerprint density at radius 3 is 2.60 bits per heavy atom. The molecule has 0 saturated heterocycles. The molecule has 1 aromatic heterocycles. The largest absolute Gasteiger partial charge is 0.336 e. The van der Waals surface area contributed by atoms with E-state index in [4.69, 9.17) is 5.73 Å². The number of aromatic nitrogens is 2. The van der Waals surface area contributed by atoms with Crippen LogP contribution in [0, 0.1) is 0 Å². The number of carbonyl (C=O) groups excluding carboxylic acids is 1. The number of likely N-dealkylation sites (N-methyl/N-ethyl adjacent to an activating group) is 1. The normalized spacial score (nSPS) is 14.4. The lowest BCUT2D eigenvalue weighted by molar-refractivity contribution is -0.132. The maximum Gasteiger partial charge on any atom is 0.239 e. The van der Waals surface area contributed by atoms with Gasteiger partial charge in [0.1, 0.15) is 0 Å². The highest BCUT2D eigenvalue weighted by Gasteiger charge is 2.20. The molecule has 5 heteroatoms. The minimum Gasteiger partial charge on any atom is -0.336 e. The number of nitrogens with zero attached hydrogens (tertiary/aromatic N) is 3. The summed E-state index contributed by atoms with van der Waals surface area (Å²) in [6.07, 6.45) is 4.86. The quantitative estimate of drug-likeness (QED) is 0.777. The zero-order chi connectivity index (χ0) is 11.4. The first-order valence-corrected chi connectivity index (χ1v) is 4.82. The molecule has 82 valence electrons. The summed E-state index contributed by atoms with van der Waals surface area (Å²) in [5, 5.41) is 0. The van der Waals surface area contributed by atoms with Crippen molar-refractivity contribution in [2.24, 2.45) is 5.73 Å². The summed E-state index contributed by atoms with van der Waals surface area (Å²) in [7, 11) is 1.71. The van der Waals surface area contributed by atoms with Crippen molar-refractivity contribution in [2.75, 3.05) is 7.05 Å². The summed E-state index contributed by atoms with van der Waals surface area (Å²) >= 11 is 0. The average molecular weight is 208 g/mol. The molecule has 1 rings (SSSR count). The van der Waals surface area contributed by atoms with E-state index in [-0.39, 0.29) is 11.9 Å². The van der Waals surface area contributed by atoms with E-state index in [1.165, 1.54) is 0 Å². The van der Waals surface area contributed by atoms with Gasteiger partial charge in [-0.3, -0.25) is 14.8 Å². The smallest absolute Gasteiger partial charge is 0.239 e. The van der Waals surface area contributed by atoms with Crippen molar-refractivity contribution in [1.82, 2.24) is 14.9 Å². The van der Waals surface area contributed by atoms with Crippen molar-refractivity contribution in [3.8, 4) is 0 Å². The van der Waals surface area contributed by atoms with Gasteiger partial charge in [0.25, 0.3) is 0 Å². The van der Waals surface area contributed by atoms with E-state index in [9.17, 15) is 4.79 Å². The molecule has 0 aromatic carbocycles. The molecule has 0 aliphatic rings. The Labute approximate surface area is 89.3 Å². The van der Waals surface area contributed by atoms with Gasteiger partial charge in [0.05, 0.1) is 24.0 Å². The molecule has 0 saturated carbocycles. The lowest BCUT2D eigenvalue weighted by Crippen LogP contribution is -2.41. The molecule has 0 radical (unpaired) electrons. The van der Waals surface area contributed by atoms with Crippen LogP contribution in [0.1, 0.15) is 25.6 Å². The van der Waals surface area contributed by atoms with Crippen LogP contribution in [0.25, 0.3) is 0 Å². The minimum atomic E-state index is -0.492. The van der Waals surface area contributed by atoms with Crippen molar-refractivity contribution in [2.45, 2.75) is 25.9 Å². The summed E-state index contributed by atoms with van der Waals surface area (Å²) in [6.45, 7) is 3.56. The van der Waals surface area contributed by atoms with Gasteiger partial charge in [-0.1, -0.05) is 0 Å². The van der Waals surface area contributed by atoms with E-state index in [1.807, 2.05) is 6.92 Å². The molecule has 0 bridgehead atoms. The van der Waals surface area contributed by atoms with E-state index in [1.54, 1.807) is 37.5 Å². The highest BCUT2D eigenvalue weighted by Crippen LogP contribution is 2.15. The second kappa shape index (κ2) is 4.84. The SMILES string of the molecule is CC(N)C(=O)N(C)C(C)c1cnccn1. The van der Waals surface area contributed by atoms with Gasteiger partial charge in [0, 0.05) is 19.4 Å². The number of hydrogen-bond donors (Lipinski definition) is 1. The molecular weight excluding hydrogens is 192 g/mol. The zero-order valence-electron chi connectivity index (χ0n) is 9.21. The number of hydrogen-bond acceptors (Lipinski definition) is 4. The van der Waals surface area contributed by atoms with Crippen molar-refractivity contribution in [3.05, 3.63) is 24.3 Å². The Kier molecular flexibility index (Phi) is 3.74. The third-order valence-corrected chi connectivity index (χ3v) is 2.33. The number of amides is 1. The number of nitrogens with two attached hydrogens (primary N) is 1. The van der Waals surface area contributed by atoms with Crippen LogP contribution in [0.2, 0.25) is 0 Å². The van der Waals surface area contributed by atoms with Gasteiger partial charge in [0.2, 0.25) is 5.91 Å². The Bertz CT molecular complexity index is 325. The maximum atomic E-state index is 11.6. The summed E-state index contributed by atoms with van der Waals surface area (Å²) < 4.78 is 0. The summed E-state index contributed by atoms with van der Waals surface area (Å²) in [5.74, 6) is -0.104. The molecule has 2 unspecified atom stereocenters. The lowest BCUT2D eigenvalue weighted by atomic mass is 10.2. The number of rotatable bonds is 3. The first-order chi connectivity index (χ1) is 7.04. The molecule has 1 heterocycles. The fraction of sp³-hybridized carbons (Fsp3) is 0.500. The van der Waals surface area contributed by atoms with E-state index in [0.717, 1.165) is 5.69 Å². The molecule has 0 aliphatic carbocycles. The van der Waals surface area contributed by atoms with Gasteiger partial charge >= 0.3 is 0 Å². The average Bonchev–Trinajstić information content (AvgIpc) is 2.27. The van der Waals surface area contributed by atoms with Crippen molar-refractivity contribution in [3.63, 3.8) is 0 Å². The highest BCUT2D eigenvalue weighted by atomic mass is 16.2. The Balaban J connectivity index is 2.77. The maximum absolute atomic E-state index is 11.6. The molecule has 0 aliphatic heterocycles. The van der Waals surface area contributed by atoms with Crippen LogP contribution in [0.4, 0.5) is 0 Å². The summed E-state index contributed by atoms with van der Waals surface area (Å²) in [6, 6.07) is -0.605. The predicted octanol–water partition coefficient (Wildman–Crippen LogP) is 0.343. The highest BCUT2D eigenvalue weighted by molar-refractivity contribution is 5.81. The Hall–Kier alpha value is -1.49. The Morgan fingerprint density at radius 2 is 2.13 bits per heavy atom. The molecule has 2 N–H and O–H groups in total. The minimum absolute atomic E-state index is 0.104. The van der Waals surface area contributed by atoms with Gasteiger partial charge < -0.3 is 10.6 Å². The molecule has 5 nitrogen and oxygen atoms in total. The monoisotopic (exact) mass is 208 g/mol. The van der Waals surface area contributed by atoms with E-state index in [0.29, 0.717) is 0 Å². The van der Waals surface area contributed by atoms with E-state index in [2.05, 4.69) is 9.97 Å². The van der Waals surface area contributed by atoms with Crippen LogP contribution < -0.4 is 5.73 Å². The first kappa shape index (κ1) is 11.6. The van der Waals surface area contributed by atoms with Crippen LogP contribution >= 0.6 is 0 Å². The molecule has 15 heavy (non-hydrogen) atoms.